The monoisotopic (exact) mass is 175 g/mol. The largest absolute Gasteiger partial charge is 0.412 e. The van der Waals surface area contributed by atoms with E-state index in [1.54, 1.807) is 0 Å². The first-order valence-electron chi connectivity index (χ1n) is 4.28. The van der Waals surface area contributed by atoms with Crippen LogP contribution in [0.3, 0.4) is 0 Å². The van der Waals surface area contributed by atoms with Gasteiger partial charge in [-0.05, 0) is 40.5 Å². The lowest BCUT2D eigenvalue weighted by molar-refractivity contribution is 0.0396. The van der Waals surface area contributed by atoms with Crippen molar-refractivity contribution >= 4 is 0 Å². The topological polar surface area (TPSA) is 63.8 Å². The maximum absolute atomic E-state index is 9.54. The summed E-state index contributed by atoms with van der Waals surface area (Å²) in [7, 11) is 0. The number of nitrogens with one attached hydrogen (secondary N) is 1. The molecule has 1 heterocycles. The number of piperidine rings is 1. The molecule has 0 bridgehead atoms. The molecule has 0 aromatic carbocycles. The molecular weight excluding hydrogens is 154 g/mol. The average Bonchev–Trinajstić information content (AvgIpc) is 1.49. The molecule has 0 spiro atoms. The molecule has 1 saturated heterocycles. The standard InChI is InChI=1S/C9H19NO.H2O/c1-8(2)5-7(11)6-9(3,4)10-8;/h7,10-11H,5-6H2,1-4H3;1H2. The Kier molecular flexibility index (Phi) is 3.29. The molecular formula is C9H21NO2. The Bertz CT molecular complexity index is 139. The van der Waals surface area contributed by atoms with Gasteiger partial charge in [-0.15, -0.1) is 0 Å². The molecule has 0 aromatic rings. The summed E-state index contributed by atoms with van der Waals surface area (Å²) < 4.78 is 0. The molecule has 0 aliphatic carbocycles. The van der Waals surface area contributed by atoms with Crippen molar-refractivity contribution < 1.29 is 10.6 Å². The van der Waals surface area contributed by atoms with Crippen LogP contribution in [0.4, 0.5) is 0 Å². The van der Waals surface area contributed by atoms with Crippen LogP contribution in [0.15, 0.2) is 0 Å². The highest BCUT2D eigenvalue weighted by atomic mass is 16.3. The molecule has 0 amide bonds. The zero-order chi connectivity index (χ0) is 8.70. The minimum atomic E-state index is -0.138. The van der Waals surface area contributed by atoms with Crippen LogP contribution < -0.4 is 5.32 Å². The van der Waals surface area contributed by atoms with Gasteiger partial charge in [-0.3, -0.25) is 0 Å². The fourth-order valence-corrected chi connectivity index (χ4v) is 2.27. The van der Waals surface area contributed by atoms with Crippen LogP contribution in [0.1, 0.15) is 40.5 Å². The summed E-state index contributed by atoms with van der Waals surface area (Å²) in [6.07, 6.45) is 1.58. The summed E-state index contributed by atoms with van der Waals surface area (Å²) >= 11 is 0. The SMILES string of the molecule is CC1(C)CC(O)CC(C)(C)N1.O. The van der Waals surface area contributed by atoms with E-state index in [-0.39, 0.29) is 22.7 Å². The Morgan fingerprint density at radius 2 is 1.42 bits per heavy atom. The predicted octanol–water partition coefficient (Wildman–Crippen LogP) is 0.463. The highest BCUT2D eigenvalue weighted by Crippen LogP contribution is 2.27. The first-order valence-corrected chi connectivity index (χ1v) is 4.28. The van der Waals surface area contributed by atoms with Crippen LogP contribution in [-0.4, -0.2) is 27.8 Å². The van der Waals surface area contributed by atoms with E-state index in [4.69, 9.17) is 0 Å². The normalized spacial score (nSPS) is 27.8. The smallest absolute Gasteiger partial charge is 0.0575 e. The van der Waals surface area contributed by atoms with Crippen LogP contribution in [0.25, 0.3) is 0 Å². The van der Waals surface area contributed by atoms with Crippen molar-refractivity contribution in [1.82, 2.24) is 5.32 Å². The van der Waals surface area contributed by atoms with Crippen LogP contribution in [0, 0.1) is 0 Å². The third-order valence-electron chi connectivity index (χ3n) is 2.17. The summed E-state index contributed by atoms with van der Waals surface area (Å²) in [5, 5.41) is 13.0. The number of hydrogen-bond donors (Lipinski definition) is 2. The van der Waals surface area contributed by atoms with Crippen LogP contribution in [-0.2, 0) is 0 Å². The van der Waals surface area contributed by atoms with Crippen LogP contribution in [0.2, 0.25) is 0 Å². The summed E-state index contributed by atoms with van der Waals surface area (Å²) in [5.74, 6) is 0. The minimum Gasteiger partial charge on any atom is -0.412 e. The summed E-state index contributed by atoms with van der Waals surface area (Å²) in [4.78, 5) is 0. The van der Waals surface area contributed by atoms with Gasteiger partial charge in [0.2, 0.25) is 0 Å². The van der Waals surface area contributed by atoms with E-state index in [0.29, 0.717) is 0 Å². The Labute approximate surface area is 74.5 Å². The Hall–Kier alpha value is -0.120. The maximum Gasteiger partial charge on any atom is 0.0575 e. The predicted molar refractivity (Wildman–Crippen MR) is 50.1 cm³/mol. The van der Waals surface area contributed by atoms with Crippen LogP contribution >= 0.6 is 0 Å². The Morgan fingerprint density at radius 1 is 1.08 bits per heavy atom. The van der Waals surface area contributed by atoms with Crippen molar-refractivity contribution in [3.05, 3.63) is 0 Å². The molecule has 1 aliphatic heterocycles. The third-order valence-corrected chi connectivity index (χ3v) is 2.17. The molecule has 0 aromatic heterocycles. The van der Waals surface area contributed by atoms with E-state index in [1.807, 2.05) is 0 Å². The molecule has 1 fully saturated rings. The molecule has 3 nitrogen and oxygen atoms in total. The van der Waals surface area contributed by atoms with Crippen molar-refractivity contribution in [3.8, 4) is 0 Å². The molecule has 4 N–H and O–H groups in total. The van der Waals surface area contributed by atoms with Crippen LogP contribution in [0.5, 0.6) is 0 Å². The van der Waals surface area contributed by atoms with Gasteiger partial charge in [0.1, 0.15) is 0 Å². The Morgan fingerprint density at radius 3 is 1.67 bits per heavy atom. The zero-order valence-electron chi connectivity index (χ0n) is 8.44. The van der Waals surface area contributed by atoms with Gasteiger partial charge in [0, 0.05) is 11.1 Å². The van der Waals surface area contributed by atoms with Crippen molar-refractivity contribution in [2.45, 2.75) is 57.7 Å². The molecule has 1 rings (SSSR count). The summed E-state index contributed by atoms with van der Waals surface area (Å²) in [5.41, 5.74) is 0.169. The molecule has 1 aliphatic rings. The van der Waals surface area contributed by atoms with Gasteiger partial charge in [-0.25, -0.2) is 0 Å². The lowest BCUT2D eigenvalue weighted by atomic mass is 9.81. The molecule has 0 unspecified atom stereocenters. The van der Waals surface area contributed by atoms with Crippen molar-refractivity contribution in [2.24, 2.45) is 0 Å². The first kappa shape index (κ1) is 11.9. The van der Waals surface area contributed by atoms with Gasteiger partial charge in [-0.2, -0.15) is 0 Å². The number of hydrogen-bond acceptors (Lipinski definition) is 2. The highest BCUT2D eigenvalue weighted by molar-refractivity contribution is 4.96. The number of rotatable bonds is 0. The summed E-state index contributed by atoms with van der Waals surface area (Å²) in [6.45, 7) is 8.54. The zero-order valence-corrected chi connectivity index (χ0v) is 8.44. The van der Waals surface area contributed by atoms with E-state index in [2.05, 4.69) is 33.0 Å². The Balaban J connectivity index is 0.00000121. The second kappa shape index (κ2) is 3.32. The van der Waals surface area contributed by atoms with E-state index in [0.717, 1.165) is 12.8 Å². The number of aliphatic hydroxyl groups is 1. The van der Waals surface area contributed by atoms with Gasteiger partial charge in [0.05, 0.1) is 6.10 Å². The quantitative estimate of drug-likeness (QED) is 0.562. The fourth-order valence-electron chi connectivity index (χ4n) is 2.27. The van der Waals surface area contributed by atoms with Gasteiger partial charge < -0.3 is 15.9 Å². The third kappa shape index (κ3) is 3.09. The molecule has 12 heavy (non-hydrogen) atoms. The average molecular weight is 175 g/mol. The van der Waals surface area contributed by atoms with E-state index >= 15 is 0 Å². The first-order chi connectivity index (χ1) is 4.81. The van der Waals surface area contributed by atoms with Gasteiger partial charge in [0.15, 0.2) is 0 Å². The van der Waals surface area contributed by atoms with E-state index < -0.39 is 0 Å². The van der Waals surface area contributed by atoms with Gasteiger partial charge >= 0.3 is 0 Å². The van der Waals surface area contributed by atoms with Crippen molar-refractivity contribution in [1.29, 1.82) is 0 Å². The fraction of sp³-hybridized carbons (Fsp3) is 1.00. The lowest BCUT2D eigenvalue weighted by Crippen LogP contribution is -2.59. The van der Waals surface area contributed by atoms with E-state index in [1.165, 1.54) is 0 Å². The number of aliphatic hydroxyl groups excluding tert-OH is 1. The van der Waals surface area contributed by atoms with Crippen molar-refractivity contribution in [3.63, 3.8) is 0 Å². The van der Waals surface area contributed by atoms with Crippen molar-refractivity contribution in [2.75, 3.05) is 0 Å². The minimum absolute atomic E-state index is 0. The molecule has 3 heteroatoms. The molecule has 74 valence electrons. The summed E-state index contributed by atoms with van der Waals surface area (Å²) in [6, 6.07) is 0. The molecule has 0 atom stereocenters. The second-order valence-electron chi connectivity index (χ2n) is 4.95. The maximum atomic E-state index is 9.54. The second-order valence-corrected chi connectivity index (χ2v) is 4.95. The van der Waals surface area contributed by atoms with E-state index in [9.17, 15) is 5.11 Å². The van der Waals surface area contributed by atoms with Gasteiger partial charge in [-0.1, -0.05) is 0 Å². The van der Waals surface area contributed by atoms with Gasteiger partial charge in [0.25, 0.3) is 0 Å². The lowest BCUT2D eigenvalue weighted by Gasteiger charge is -2.44. The molecule has 0 radical (unpaired) electrons. The highest BCUT2D eigenvalue weighted by Gasteiger charge is 2.36. The molecule has 0 saturated carbocycles.